The molecular formula is C14H20O3. The Labute approximate surface area is 103 Å². The third-order valence-electron chi connectivity index (χ3n) is 2.96. The Balaban J connectivity index is 3.31. The summed E-state index contributed by atoms with van der Waals surface area (Å²) in [5, 5.41) is 0. The molecule has 0 aromatic heterocycles. The molecule has 1 atom stereocenters. The smallest absolute Gasteiger partial charge is 0.313 e. The van der Waals surface area contributed by atoms with Crippen molar-refractivity contribution in [2.45, 2.75) is 33.1 Å². The summed E-state index contributed by atoms with van der Waals surface area (Å²) in [6.07, 6.45) is 0.701. The SMILES string of the molecule is CCC(C(=O)OC)c1c(C)cc(C)cc1OC. The molecule has 3 heteroatoms. The minimum Gasteiger partial charge on any atom is -0.496 e. The maximum absolute atomic E-state index is 11.8. The average molecular weight is 236 g/mol. The van der Waals surface area contributed by atoms with Crippen molar-refractivity contribution in [3.05, 3.63) is 28.8 Å². The second-order valence-electron chi connectivity index (χ2n) is 4.18. The van der Waals surface area contributed by atoms with Gasteiger partial charge in [-0.1, -0.05) is 13.0 Å². The van der Waals surface area contributed by atoms with Crippen LogP contribution >= 0.6 is 0 Å². The Kier molecular flexibility index (Phi) is 4.55. The average Bonchev–Trinajstić information content (AvgIpc) is 2.31. The lowest BCUT2D eigenvalue weighted by atomic mass is 9.90. The Hall–Kier alpha value is -1.51. The van der Waals surface area contributed by atoms with Gasteiger partial charge in [0.2, 0.25) is 0 Å². The first-order chi connectivity index (χ1) is 8.04. The molecule has 3 nitrogen and oxygen atoms in total. The monoisotopic (exact) mass is 236 g/mol. The Morgan fingerprint density at radius 3 is 2.41 bits per heavy atom. The van der Waals surface area contributed by atoms with Gasteiger partial charge in [-0.2, -0.15) is 0 Å². The van der Waals surface area contributed by atoms with E-state index >= 15 is 0 Å². The topological polar surface area (TPSA) is 35.5 Å². The summed E-state index contributed by atoms with van der Waals surface area (Å²) in [6.45, 7) is 5.98. The number of hydrogen-bond acceptors (Lipinski definition) is 3. The summed E-state index contributed by atoms with van der Waals surface area (Å²) in [6, 6.07) is 4.01. The molecule has 0 N–H and O–H groups in total. The minimum absolute atomic E-state index is 0.210. The van der Waals surface area contributed by atoms with Gasteiger partial charge in [0.15, 0.2) is 0 Å². The van der Waals surface area contributed by atoms with E-state index in [1.807, 2.05) is 26.8 Å². The molecule has 0 aliphatic heterocycles. The fraction of sp³-hybridized carbons (Fsp3) is 0.500. The first-order valence-corrected chi connectivity index (χ1v) is 5.78. The second-order valence-corrected chi connectivity index (χ2v) is 4.18. The molecule has 0 amide bonds. The maximum atomic E-state index is 11.8. The van der Waals surface area contributed by atoms with E-state index in [-0.39, 0.29) is 11.9 Å². The van der Waals surface area contributed by atoms with E-state index in [1.54, 1.807) is 7.11 Å². The maximum Gasteiger partial charge on any atom is 0.313 e. The van der Waals surface area contributed by atoms with E-state index in [9.17, 15) is 4.79 Å². The van der Waals surface area contributed by atoms with Crippen LogP contribution < -0.4 is 4.74 Å². The highest BCUT2D eigenvalue weighted by atomic mass is 16.5. The first kappa shape index (κ1) is 13.6. The zero-order valence-electron chi connectivity index (χ0n) is 11.2. The van der Waals surface area contributed by atoms with Crippen molar-refractivity contribution in [1.29, 1.82) is 0 Å². The number of hydrogen-bond donors (Lipinski definition) is 0. The predicted molar refractivity (Wildman–Crippen MR) is 67.5 cm³/mol. The lowest BCUT2D eigenvalue weighted by Gasteiger charge is -2.19. The highest BCUT2D eigenvalue weighted by Crippen LogP contribution is 2.33. The van der Waals surface area contributed by atoms with Crippen LogP contribution in [0.5, 0.6) is 5.75 Å². The van der Waals surface area contributed by atoms with E-state index in [1.165, 1.54) is 7.11 Å². The van der Waals surface area contributed by atoms with E-state index in [4.69, 9.17) is 9.47 Å². The molecule has 0 aliphatic rings. The van der Waals surface area contributed by atoms with Crippen LogP contribution in [-0.4, -0.2) is 20.2 Å². The van der Waals surface area contributed by atoms with Gasteiger partial charge in [0.05, 0.1) is 20.1 Å². The van der Waals surface area contributed by atoms with Crippen LogP contribution in [-0.2, 0) is 9.53 Å². The molecule has 0 heterocycles. The summed E-state index contributed by atoms with van der Waals surface area (Å²) in [4.78, 5) is 11.8. The molecule has 1 aromatic rings. The molecule has 17 heavy (non-hydrogen) atoms. The zero-order valence-corrected chi connectivity index (χ0v) is 11.2. The molecule has 94 valence electrons. The third-order valence-corrected chi connectivity index (χ3v) is 2.96. The first-order valence-electron chi connectivity index (χ1n) is 5.78. The van der Waals surface area contributed by atoms with E-state index in [0.717, 1.165) is 22.4 Å². The second kappa shape index (κ2) is 5.71. The molecule has 0 fully saturated rings. The van der Waals surface area contributed by atoms with Gasteiger partial charge in [0, 0.05) is 5.56 Å². The molecule has 0 radical (unpaired) electrons. The summed E-state index contributed by atoms with van der Waals surface area (Å²) >= 11 is 0. The van der Waals surface area contributed by atoms with Gasteiger partial charge in [0.25, 0.3) is 0 Å². The lowest BCUT2D eigenvalue weighted by molar-refractivity contribution is -0.142. The van der Waals surface area contributed by atoms with Crippen LogP contribution in [0.1, 0.15) is 36.0 Å². The van der Waals surface area contributed by atoms with Gasteiger partial charge in [-0.25, -0.2) is 0 Å². The quantitative estimate of drug-likeness (QED) is 0.754. The van der Waals surface area contributed by atoms with Crippen molar-refractivity contribution in [2.75, 3.05) is 14.2 Å². The molecular weight excluding hydrogens is 216 g/mol. The van der Waals surface area contributed by atoms with Crippen LogP contribution in [0.25, 0.3) is 0 Å². The Bertz CT molecular complexity index is 410. The van der Waals surface area contributed by atoms with Crippen LogP contribution in [0, 0.1) is 13.8 Å². The number of ether oxygens (including phenoxy) is 2. The van der Waals surface area contributed by atoms with Gasteiger partial charge >= 0.3 is 5.97 Å². The van der Waals surface area contributed by atoms with Crippen molar-refractivity contribution in [3.8, 4) is 5.75 Å². The highest BCUT2D eigenvalue weighted by molar-refractivity contribution is 5.79. The van der Waals surface area contributed by atoms with Crippen molar-refractivity contribution < 1.29 is 14.3 Å². The van der Waals surface area contributed by atoms with Gasteiger partial charge in [-0.15, -0.1) is 0 Å². The fourth-order valence-corrected chi connectivity index (χ4v) is 2.19. The lowest BCUT2D eigenvalue weighted by Crippen LogP contribution is -2.15. The minimum atomic E-state index is -0.254. The molecule has 1 unspecified atom stereocenters. The van der Waals surface area contributed by atoms with Crippen molar-refractivity contribution in [1.82, 2.24) is 0 Å². The predicted octanol–water partition coefficient (Wildman–Crippen LogP) is 2.98. The number of rotatable bonds is 4. The number of aryl methyl sites for hydroxylation is 2. The van der Waals surface area contributed by atoms with Crippen molar-refractivity contribution in [3.63, 3.8) is 0 Å². The normalized spacial score (nSPS) is 12.1. The third kappa shape index (κ3) is 2.78. The fourth-order valence-electron chi connectivity index (χ4n) is 2.19. The van der Waals surface area contributed by atoms with E-state index in [2.05, 4.69) is 6.07 Å². The molecule has 0 bridgehead atoms. The van der Waals surface area contributed by atoms with Gasteiger partial charge < -0.3 is 9.47 Å². The highest BCUT2D eigenvalue weighted by Gasteiger charge is 2.24. The number of methoxy groups -OCH3 is 2. The Morgan fingerprint density at radius 1 is 1.29 bits per heavy atom. The number of carbonyl (C=O) groups excluding carboxylic acids is 1. The van der Waals surface area contributed by atoms with Crippen LogP contribution in [0.2, 0.25) is 0 Å². The van der Waals surface area contributed by atoms with E-state index < -0.39 is 0 Å². The van der Waals surface area contributed by atoms with Gasteiger partial charge in [-0.05, 0) is 37.5 Å². The molecule has 0 saturated carbocycles. The molecule has 1 aromatic carbocycles. The van der Waals surface area contributed by atoms with E-state index in [0.29, 0.717) is 6.42 Å². The van der Waals surface area contributed by atoms with Crippen LogP contribution in [0.3, 0.4) is 0 Å². The molecule has 1 rings (SSSR count). The standard InChI is InChI=1S/C14H20O3/c1-6-11(14(15)17-5)13-10(3)7-9(2)8-12(13)16-4/h7-8,11H,6H2,1-5H3. The summed E-state index contributed by atoms with van der Waals surface area (Å²) in [7, 11) is 3.04. The number of benzene rings is 1. The van der Waals surface area contributed by atoms with Crippen LogP contribution in [0.15, 0.2) is 12.1 Å². The van der Waals surface area contributed by atoms with Gasteiger partial charge in [-0.3, -0.25) is 4.79 Å². The van der Waals surface area contributed by atoms with Crippen LogP contribution in [0.4, 0.5) is 0 Å². The van der Waals surface area contributed by atoms with Gasteiger partial charge in [0.1, 0.15) is 5.75 Å². The molecule has 0 aliphatic carbocycles. The largest absolute Gasteiger partial charge is 0.496 e. The summed E-state index contributed by atoms with van der Waals surface area (Å²) in [5.74, 6) is 0.299. The number of carbonyl (C=O) groups is 1. The molecule has 0 spiro atoms. The summed E-state index contributed by atoms with van der Waals surface area (Å²) in [5.41, 5.74) is 3.13. The summed E-state index contributed by atoms with van der Waals surface area (Å²) < 4.78 is 10.2. The van der Waals surface area contributed by atoms with Crippen molar-refractivity contribution >= 4 is 5.97 Å². The number of esters is 1. The Morgan fingerprint density at radius 2 is 1.94 bits per heavy atom. The molecule has 0 saturated heterocycles. The van der Waals surface area contributed by atoms with Crippen molar-refractivity contribution in [2.24, 2.45) is 0 Å². The zero-order chi connectivity index (χ0) is 13.0.